The molecule has 0 radical (unpaired) electrons. The number of rotatable bonds is 7. The zero-order valence-corrected chi connectivity index (χ0v) is 16.6. The summed E-state index contributed by atoms with van der Waals surface area (Å²) in [6, 6.07) is 16.2. The van der Waals surface area contributed by atoms with Crippen LogP contribution in [0.15, 0.2) is 59.5 Å². The molecule has 0 spiro atoms. The summed E-state index contributed by atoms with van der Waals surface area (Å²) in [5.74, 6) is -0.176. The van der Waals surface area contributed by atoms with Gasteiger partial charge in [-0.05, 0) is 49.1 Å². The Kier molecular flexibility index (Phi) is 5.67. The SMILES string of the molecule is CCN(CC)S(=O)(=O)c1ccc(C(=O)NC2(c3ccccc3)CCC2)cc1. The first-order valence-electron chi connectivity index (χ1n) is 9.41. The summed E-state index contributed by atoms with van der Waals surface area (Å²) < 4.78 is 26.5. The number of sulfonamides is 1. The first-order chi connectivity index (χ1) is 12.9. The smallest absolute Gasteiger partial charge is 0.251 e. The molecule has 27 heavy (non-hydrogen) atoms. The van der Waals surface area contributed by atoms with Gasteiger partial charge in [-0.25, -0.2) is 8.42 Å². The van der Waals surface area contributed by atoms with Crippen LogP contribution in [0.1, 0.15) is 49.0 Å². The predicted octanol–water partition coefficient (Wildman–Crippen LogP) is 3.53. The summed E-state index contributed by atoms with van der Waals surface area (Å²) >= 11 is 0. The van der Waals surface area contributed by atoms with Crippen molar-refractivity contribution >= 4 is 15.9 Å². The van der Waals surface area contributed by atoms with Crippen molar-refractivity contribution in [2.45, 2.75) is 43.5 Å². The van der Waals surface area contributed by atoms with Gasteiger partial charge in [0.1, 0.15) is 0 Å². The van der Waals surface area contributed by atoms with Crippen LogP contribution in [0.2, 0.25) is 0 Å². The third-order valence-electron chi connectivity index (χ3n) is 5.35. The molecule has 0 aromatic heterocycles. The molecule has 0 bridgehead atoms. The van der Waals surface area contributed by atoms with E-state index in [9.17, 15) is 13.2 Å². The number of hydrogen-bond donors (Lipinski definition) is 1. The van der Waals surface area contributed by atoms with Gasteiger partial charge >= 0.3 is 0 Å². The molecule has 0 heterocycles. The van der Waals surface area contributed by atoms with Crippen LogP contribution >= 0.6 is 0 Å². The Labute approximate surface area is 161 Å². The number of nitrogens with one attached hydrogen (secondary N) is 1. The Bertz CT molecular complexity index is 885. The Hall–Kier alpha value is -2.18. The van der Waals surface area contributed by atoms with Crippen LogP contribution in [-0.2, 0) is 15.6 Å². The maximum atomic E-state index is 12.8. The summed E-state index contributed by atoms with van der Waals surface area (Å²) in [4.78, 5) is 13.0. The largest absolute Gasteiger partial charge is 0.343 e. The van der Waals surface area contributed by atoms with Crippen molar-refractivity contribution in [2.24, 2.45) is 0 Å². The van der Waals surface area contributed by atoms with Gasteiger partial charge in [-0.15, -0.1) is 0 Å². The minimum absolute atomic E-state index is 0.176. The Morgan fingerprint density at radius 2 is 1.59 bits per heavy atom. The van der Waals surface area contributed by atoms with Crippen molar-refractivity contribution in [1.29, 1.82) is 0 Å². The normalized spacial score (nSPS) is 16.0. The van der Waals surface area contributed by atoms with E-state index in [1.165, 1.54) is 16.4 Å². The van der Waals surface area contributed by atoms with Crippen LogP contribution in [0.4, 0.5) is 0 Å². The number of carbonyl (C=O) groups excluding carboxylic acids is 1. The third-order valence-corrected chi connectivity index (χ3v) is 7.41. The first-order valence-corrected chi connectivity index (χ1v) is 10.9. The van der Waals surface area contributed by atoms with Crippen LogP contribution in [0.25, 0.3) is 0 Å². The highest BCUT2D eigenvalue weighted by atomic mass is 32.2. The van der Waals surface area contributed by atoms with Crippen LogP contribution in [-0.4, -0.2) is 31.7 Å². The van der Waals surface area contributed by atoms with E-state index in [-0.39, 0.29) is 16.3 Å². The Balaban J connectivity index is 1.78. The lowest BCUT2D eigenvalue weighted by Crippen LogP contribution is -2.50. The van der Waals surface area contributed by atoms with Crippen LogP contribution in [0.3, 0.4) is 0 Å². The highest BCUT2D eigenvalue weighted by Crippen LogP contribution is 2.41. The molecule has 0 atom stereocenters. The van der Waals surface area contributed by atoms with Gasteiger partial charge in [0.25, 0.3) is 5.91 Å². The van der Waals surface area contributed by atoms with Crippen molar-refractivity contribution in [3.05, 3.63) is 65.7 Å². The van der Waals surface area contributed by atoms with Gasteiger partial charge in [0.05, 0.1) is 10.4 Å². The van der Waals surface area contributed by atoms with Gasteiger partial charge in [-0.3, -0.25) is 4.79 Å². The summed E-state index contributed by atoms with van der Waals surface area (Å²) in [6.07, 6.45) is 2.91. The predicted molar refractivity (Wildman–Crippen MR) is 106 cm³/mol. The van der Waals surface area contributed by atoms with Gasteiger partial charge in [0.15, 0.2) is 0 Å². The fourth-order valence-electron chi connectivity index (χ4n) is 3.55. The molecular weight excluding hydrogens is 360 g/mol. The standard InChI is InChI=1S/C21H26N2O3S/c1-3-23(4-2)27(25,26)19-13-11-17(12-14-19)20(24)22-21(15-8-16-21)18-9-6-5-7-10-18/h5-7,9-14H,3-4,8,15-16H2,1-2H3,(H,22,24). The van der Waals surface area contributed by atoms with Crippen LogP contribution < -0.4 is 5.32 Å². The second-order valence-electron chi connectivity index (χ2n) is 6.87. The molecule has 5 nitrogen and oxygen atoms in total. The number of amides is 1. The lowest BCUT2D eigenvalue weighted by Gasteiger charge is -2.43. The Morgan fingerprint density at radius 1 is 1.00 bits per heavy atom. The molecular formula is C21H26N2O3S. The molecule has 6 heteroatoms. The van der Waals surface area contributed by atoms with E-state index < -0.39 is 10.0 Å². The number of carbonyl (C=O) groups is 1. The zero-order valence-electron chi connectivity index (χ0n) is 15.8. The number of hydrogen-bond acceptors (Lipinski definition) is 3. The van der Waals surface area contributed by atoms with E-state index in [0.717, 1.165) is 24.8 Å². The van der Waals surface area contributed by atoms with Crippen LogP contribution in [0.5, 0.6) is 0 Å². The molecule has 144 valence electrons. The number of benzene rings is 2. The van der Waals surface area contributed by atoms with E-state index in [1.54, 1.807) is 12.1 Å². The molecule has 2 aromatic carbocycles. The lowest BCUT2D eigenvalue weighted by atomic mass is 9.71. The molecule has 3 rings (SSSR count). The van der Waals surface area contributed by atoms with Gasteiger partial charge < -0.3 is 5.32 Å². The average Bonchev–Trinajstić information content (AvgIpc) is 2.66. The van der Waals surface area contributed by atoms with E-state index in [1.807, 2.05) is 44.2 Å². The Morgan fingerprint density at radius 3 is 2.07 bits per heavy atom. The highest BCUT2D eigenvalue weighted by Gasteiger charge is 2.40. The molecule has 1 aliphatic carbocycles. The van der Waals surface area contributed by atoms with Crippen molar-refractivity contribution in [2.75, 3.05) is 13.1 Å². The van der Waals surface area contributed by atoms with E-state index in [0.29, 0.717) is 18.7 Å². The summed E-state index contributed by atoms with van der Waals surface area (Å²) in [5, 5.41) is 3.17. The summed E-state index contributed by atoms with van der Waals surface area (Å²) in [7, 11) is -3.51. The maximum absolute atomic E-state index is 12.8. The average molecular weight is 387 g/mol. The molecule has 0 unspecified atom stereocenters. The van der Waals surface area contributed by atoms with Crippen LogP contribution in [0, 0.1) is 0 Å². The van der Waals surface area contributed by atoms with Gasteiger partial charge in [-0.1, -0.05) is 44.2 Å². The molecule has 1 amide bonds. The van der Waals surface area contributed by atoms with Crippen molar-refractivity contribution in [3.63, 3.8) is 0 Å². The highest BCUT2D eigenvalue weighted by molar-refractivity contribution is 7.89. The van der Waals surface area contributed by atoms with E-state index >= 15 is 0 Å². The molecule has 1 fully saturated rings. The lowest BCUT2D eigenvalue weighted by molar-refractivity contribution is 0.0823. The molecule has 2 aromatic rings. The van der Waals surface area contributed by atoms with Crippen molar-refractivity contribution in [3.8, 4) is 0 Å². The fourth-order valence-corrected chi connectivity index (χ4v) is 5.01. The molecule has 0 saturated heterocycles. The molecule has 1 saturated carbocycles. The maximum Gasteiger partial charge on any atom is 0.251 e. The molecule has 0 aliphatic heterocycles. The first kappa shape index (κ1) is 19.6. The van der Waals surface area contributed by atoms with Crippen molar-refractivity contribution in [1.82, 2.24) is 9.62 Å². The molecule has 1 aliphatic rings. The van der Waals surface area contributed by atoms with Gasteiger partial charge in [0.2, 0.25) is 10.0 Å². The minimum atomic E-state index is -3.51. The van der Waals surface area contributed by atoms with E-state index in [4.69, 9.17) is 0 Å². The summed E-state index contributed by atoms with van der Waals surface area (Å²) in [6.45, 7) is 4.45. The summed E-state index contributed by atoms with van der Waals surface area (Å²) in [5.41, 5.74) is 1.27. The quantitative estimate of drug-likeness (QED) is 0.792. The fraction of sp³-hybridized carbons (Fsp3) is 0.381. The topological polar surface area (TPSA) is 66.5 Å². The van der Waals surface area contributed by atoms with Crippen molar-refractivity contribution < 1.29 is 13.2 Å². The molecule has 1 N–H and O–H groups in total. The third kappa shape index (κ3) is 3.77. The zero-order chi connectivity index (χ0) is 19.5. The van der Waals surface area contributed by atoms with E-state index in [2.05, 4.69) is 5.32 Å². The second-order valence-corrected chi connectivity index (χ2v) is 8.81. The monoisotopic (exact) mass is 386 g/mol. The van der Waals surface area contributed by atoms with Gasteiger partial charge in [-0.2, -0.15) is 4.31 Å². The second kappa shape index (κ2) is 7.82. The van der Waals surface area contributed by atoms with Gasteiger partial charge in [0, 0.05) is 18.7 Å². The minimum Gasteiger partial charge on any atom is -0.343 e. The number of nitrogens with zero attached hydrogens (tertiary/aromatic N) is 1.